The highest BCUT2D eigenvalue weighted by Gasteiger charge is 2.46. The van der Waals surface area contributed by atoms with Gasteiger partial charge in [0.15, 0.2) is 5.82 Å². The van der Waals surface area contributed by atoms with Crippen LogP contribution in [0, 0.1) is 11.3 Å². The van der Waals surface area contributed by atoms with Crippen LogP contribution in [0.4, 0.5) is 5.69 Å². The molecular formula is C28H38ClN3O8S. The molecule has 2 heterocycles. The summed E-state index contributed by atoms with van der Waals surface area (Å²) in [5, 5.41) is 23.5. The first kappa shape index (κ1) is 31.7. The molecule has 2 aromatic rings. The van der Waals surface area contributed by atoms with Gasteiger partial charge in [-0.3, -0.25) is 9.59 Å². The summed E-state index contributed by atoms with van der Waals surface area (Å²) in [4.78, 5) is 31.1. The van der Waals surface area contributed by atoms with Gasteiger partial charge in [-0.1, -0.05) is 37.0 Å². The topological polar surface area (TPSA) is 144 Å². The van der Waals surface area contributed by atoms with Gasteiger partial charge >= 0.3 is 5.97 Å². The highest BCUT2D eigenvalue weighted by molar-refractivity contribution is 7.99. The molecule has 1 amide bonds. The third kappa shape index (κ3) is 7.60. The fraction of sp³-hybridized carbons (Fsp3) is 0.643. The number of carbonyl (C=O) groups is 2. The number of nitrogens with zero attached hydrogens (tertiary/aromatic N) is 3. The zero-order valence-corrected chi connectivity index (χ0v) is 25.3. The molecule has 2 N–H and O–H groups in total. The van der Waals surface area contributed by atoms with Gasteiger partial charge in [0, 0.05) is 61.4 Å². The number of rotatable bonds is 12. The predicted octanol–water partition coefficient (Wildman–Crippen LogP) is 3.91. The Morgan fingerprint density at radius 3 is 2.73 bits per heavy atom. The summed E-state index contributed by atoms with van der Waals surface area (Å²) in [6, 6.07) is 5.41. The molecule has 2 aliphatic rings. The van der Waals surface area contributed by atoms with E-state index in [-0.39, 0.29) is 66.8 Å². The Kier molecular flexibility index (Phi) is 10.7. The first-order valence-electron chi connectivity index (χ1n) is 13.6. The molecule has 1 saturated carbocycles. The molecule has 1 aromatic heterocycles. The van der Waals surface area contributed by atoms with Gasteiger partial charge in [0.05, 0.1) is 29.8 Å². The number of amides is 1. The lowest BCUT2D eigenvalue weighted by molar-refractivity contribution is -0.153. The number of halogens is 1. The number of hydrogen-bond donors (Lipinski definition) is 2. The largest absolute Gasteiger partial charge is 0.481 e. The van der Waals surface area contributed by atoms with Crippen LogP contribution in [-0.4, -0.2) is 83.7 Å². The van der Waals surface area contributed by atoms with Crippen molar-refractivity contribution in [3.63, 3.8) is 0 Å². The van der Waals surface area contributed by atoms with Gasteiger partial charge in [-0.25, -0.2) is 0 Å². The first-order valence-corrected chi connectivity index (χ1v) is 15.1. The number of aliphatic hydroxyl groups excluding tert-OH is 1. The van der Waals surface area contributed by atoms with Gasteiger partial charge in [-0.2, -0.15) is 4.98 Å². The lowest BCUT2D eigenvalue weighted by Crippen LogP contribution is -2.46. The minimum Gasteiger partial charge on any atom is -0.481 e. The van der Waals surface area contributed by atoms with E-state index in [2.05, 4.69) is 10.1 Å². The second-order valence-electron chi connectivity index (χ2n) is 11.3. The lowest BCUT2D eigenvalue weighted by atomic mass is 9.78. The molecule has 13 heteroatoms. The fourth-order valence-electron chi connectivity index (χ4n) is 5.59. The summed E-state index contributed by atoms with van der Waals surface area (Å²) < 4.78 is 23.8. The number of anilines is 1. The zero-order valence-electron chi connectivity index (χ0n) is 23.7. The number of aliphatic carboxylic acids is 1. The summed E-state index contributed by atoms with van der Waals surface area (Å²) in [7, 11) is 3.33. The number of benzene rings is 1. The Bertz CT molecular complexity index is 1210. The van der Waals surface area contributed by atoms with Crippen LogP contribution in [0.1, 0.15) is 56.5 Å². The number of aliphatic hydroxyl groups is 1. The predicted molar refractivity (Wildman–Crippen MR) is 153 cm³/mol. The average Bonchev–Trinajstić information content (AvgIpc) is 3.36. The van der Waals surface area contributed by atoms with Crippen LogP contribution < -0.4 is 4.90 Å². The Labute approximate surface area is 248 Å². The Balaban J connectivity index is 1.73. The molecule has 1 aliphatic carbocycles. The highest BCUT2D eigenvalue weighted by Crippen LogP contribution is 2.46. The van der Waals surface area contributed by atoms with Gasteiger partial charge in [0.2, 0.25) is 5.89 Å². The van der Waals surface area contributed by atoms with Crippen LogP contribution in [0.15, 0.2) is 22.7 Å². The van der Waals surface area contributed by atoms with Crippen molar-refractivity contribution in [3.05, 3.63) is 40.5 Å². The van der Waals surface area contributed by atoms with E-state index >= 15 is 0 Å². The van der Waals surface area contributed by atoms with Crippen LogP contribution in [-0.2, 0) is 36.0 Å². The molecular weight excluding hydrogens is 574 g/mol. The molecule has 1 fully saturated rings. The Hall–Kier alpha value is -2.22. The van der Waals surface area contributed by atoms with Crippen molar-refractivity contribution in [2.75, 3.05) is 38.0 Å². The molecule has 4 rings (SSSR count). The van der Waals surface area contributed by atoms with E-state index in [4.69, 9.17) is 35.4 Å². The van der Waals surface area contributed by atoms with E-state index in [0.717, 1.165) is 36.6 Å². The minimum absolute atomic E-state index is 0.0400. The van der Waals surface area contributed by atoms with E-state index in [1.807, 2.05) is 26.0 Å². The van der Waals surface area contributed by atoms with Crippen molar-refractivity contribution < 1.29 is 38.5 Å². The first-order chi connectivity index (χ1) is 19.6. The second kappa shape index (κ2) is 13.8. The van der Waals surface area contributed by atoms with E-state index < -0.39 is 23.6 Å². The number of carbonyl (C=O) groups excluding carboxylic acids is 1. The van der Waals surface area contributed by atoms with E-state index in [1.54, 1.807) is 25.2 Å². The summed E-state index contributed by atoms with van der Waals surface area (Å²) in [6.07, 6.45) is 0.661. The van der Waals surface area contributed by atoms with Crippen LogP contribution in [0.25, 0.3) is 0 Å². The van der Waals surface area contributed by atoms with Crippen LogP contribution in [0.3, 0.4) is 0 Å². The normalized spacial score (nSPS) is 25.2. The molecule has 0 spiro atoms. The number of hydrogen-bond acceptors (Lipinski definition) is 10. The maximum Gasteiger partial charge on any atom is 0.313 e. The molecule has 41 heavy (non-hydrogen) atoms. The average molecular weight is 612 g/mol. The standard InChI is InChI=1S/C28H38ClN3O8S/c1-28(2,15-33)14-32-19-9-8-16(29)10-18(19)25(17-6-5-7-20(37-3)26(17)38-4)39-21(27(32)36)11-22-30-23(40-31-22)12-41-13-24(34)35/h8-10,17,20-21,25-26,33H,5-7,11-15H2,1-4H3,(H,34,35)/t17?,20?,21-,25-,26+/m1/s1. The highest BCUT2D eigenvalue weighted by atomic mass is 35.5. The van der Waals surface area contributed by atoms with Crippen LogP contribution in [0.5, 0.6) is 0 Å². The van der Waals surface area contributed by atoms with Crippen molar-refractivity contribution in [1.29, 1.82) is 0 Å². The molecule has 1 aliphatic heterocycles. The number of ether oxygens (including phenoxy) is 3. The molecule has 0 bridgehead atoms. The maximum atomic E-state index is 14.2. The van der Waals surface area contributed by atoms with Gasteiger partial charge in [0.25, 0.3) is 5.91 Å². The second-order valence-corrected chi connectivity index (χ2v) is 12.7. The van der Waals surface area contributed by atoms with Gasteiger partial charge in [-0.15, -0.1) is 11.8 Å². The summed E-state index contributed by atoms with van der Waals surface area (Å²) in [5.41, 5.74) is 0.838. The molecule has 11 nitrogen and oxygen atoms in total. The number of fused-ring (bicyclic) bond motifs is 1. The number of methoxy groups -OCH3 is 2. The quantitative estimate of drug-likeness (QED) is 0.360. The number of carboxylic acid groups (broad SMARTS) is 1. The van der Waals surface area contributed by atoms with E-state index in [0.29, 0.717) is 10.7 Å². The van der Waals surface area contributed by atoms with Crippen molar-refractivity contribution in [2.24, 2.45) is 11.3 Å². The number of thioether (sulfide) groups is 1. The monoisotopic (exact) mass is 611 g/mol. The van der Waals surface area contributed by atoms with Gasteiger partial charge in [-0.05, 0) is 31.0 Å². The summed E-state index contributed by atoms with van der Waals surface area (Å²) in [5.74, 6) is -0.672. The van der Waals surface area contributed by atoms with Crippen molar-refractivity contribution >= 4 is 40.9 Å². The third-order valence-corrected chi connectivity index (χ3v) is 8.70. The fourth-order valence-corrected chi connectivity index (χ4v) is 6.34. The van der Waals surface area contributed by atoms with Crippen LogP contribution >= 0.6 is 23.4 Å². The van der Waals surface area contributed by atoms with Crippen molar-refractivity contribution in [2.45, 2.75) is 69.7 Å². The SMILES string of the molecule is COC1CCCC([C@H]2O[C@H](Cc3noc(CSCC(=O)O)n3)C(=O)N(CC(C)(C)CO)c3ccc(Cl)cc32)[C@@H]1OC. The molecule has 2 unspecified atom stereocenters. The van der Waals surface area contributed by atoms with Crippen molar-refractivity contribution in [3.8, 4) is 0 Å². The molecule has 226 valence electrons. The molecule has 5 atom stereocenters. The Morgan fingerprint density at radius 1 is 1.27 bits per heavy atom. The molecule has 1 aromatic carbocycles. The summed E-state index contributed by atoms with van der Waals surface area (Å²) in [6.45, 7) is 3.89. The zero-order chi connectivity index (χ0) is 29.7. The van der Waals surface area contributed by atoms with Gasteiger partial charge in [0.1, 0.15) is 6.10 Å². The number of aromatic nitrogens is 2. The Morgan fingerprint density at radius 2 is 2.05 bits per heavy atom. The number of carboxylic acids is 1. The smallest absolute Gasteiger partial charge is 0.313 e. The minimum atomic E-state index is -0.974. The van der Waals surface area contributed by atoms with E-state index in [1.165, 1.54) is 0 Å². The van der Waals surface area contributed by atoms with Crippen LogP contribution in [0.2, 0.25) is 5.02 Å². The van der Waals surface area contributed by atoms with Gasteiger partial charge < -0.3 is 33.8 Å². The van der Waals surface area contributed by atoms with Crippen molar-refractivity contribution in [1.82, 2.24) is 10.1 Å². The lowest BCUT2D eigenvalue weighted by Gasteiger charge is -2.40. The van der Waals surface area contributed by atoms with E-state index in [9.17, 15) is 14.7 Å². The molecule has 0 radical (unpaired) electrons. The maximum absolute atomic E-state index is 14.2. The summed E-state index contributed by atoms with van der Waals surface area (Å²) >= 11 is 7.65. The molecule has 0 saturated heterocycles. The third-order valence-electron chi connectivity index (χ3n) is 7.56.